The maximum Gasteiger partial charge on any atom is 0.274 e. The van der Waals surface area contributed by atoms with E-state index in [-0.39, 0.29) is 24.0 Å². The zero-order valence-electron chi connectivity index (χ0n) is 15.9. The van der Waals surface area contributed by atoms with Gasteiger partial charge >= 0.3 is 0 Å². The molecule has 2 aromatic rings. The fourth-order valence-electron chi connectivity index (χ4n) is 3.20. The minimum atomic E-state index is -0.471. The molecule has 0 atom stereocenters. The van der Waals surface area contributed by atoms with Crippen LogP contribution in [0.15, 0.2) is 42.5 Å². The van der Waals surface area contributed by atoms with E-state index in [1.807, 2.05) is 4.90 Å². The Hall–Kier alpha value is -2.97. The zero-order valence-corrected chi connectivity index (χ0v) is 16.7. The summed E-state index contributed by atoms with van der Waals surface area (Å²) in [6.07, 6.45) is 0. The van der Waals surface area contributed by atoms with Crippen LogP contribution in [0.3, 0.4) is 0 Å². The van der Waals surface area contributed by atoms with E-state index >= 15 is 0 Å². The number of amides is 2. The molecule has 152 valence electrons. The standard InChI is InChI=1S/C20H21ClN4O4/c1-14-5-6-17(12-18(14)25(28)29)22-19(26)13-23-7-9-24(10-8-23)20(27)15-3-2-4-16(21)11-15/h2-6,11-12H,7-10,13H2,1H3,(H,22,26). The van der Waals surface area contributed by atoms with E-state index in [0.29, 0.717) is 48.0 Å². The first-order valence-corrected chi connectivity index (χ1v) is 9.53. The highest BCUT2D eigenvalue weighted by atomic mass is 35.5. The van der Waals surface area contributed by atoms with Crippen molar-refractivity contribution in [3.05, 3.63) is 68.7 Å². The summed E-state index contributed by atoms with van der Waals surface area (Å²) in [4.78, 5) is 39.1. The minimum absolute atomic E-state index is 0.0315. The largest absolute Gasteiger partial charge is 0.336 e. The third kappa shape index (κ3) is 5.30. The van der Waals surface area contributed by atoms with Gasteiger partial charge in [0.1, 0.15) is 0 Å². The zero-order chi connectivity index (χ0) is 21.0. The van der Waals surface area contributed by atoms with Gasteiger partial charge in [-0.15, -0.1) is 0 Å². The Kier molecular flexibility index (Phi) is 6.46. The number of carbonyl (C=O) groups excluding carboxylic acids is 2. The van der Waals surface area contributed by atoms with Crippen molar-refractivity contribution >= 4 is 34.8 Å². The average molecular weight is 417 g/mol. The van der Waals surface area contributed by atoms with Gasteiger partial charge in [-0.2, -0.15) is 0 Å². The van der Waals surface area contributed by atoms with Crippen molar-refractivity contribution in [1.29, 1.82) is 0 Å². The summed E-state index contributed by atoms with van der Waals surface area (Å²) < 4.78 is 0. The van der Waals surface area contributed by atoms with Crippen LogP contribution < -0.4 is 5.32 Å². The number of nitrogens with zero attached hydrogens (tertiary/aromatic N) is 3. The molecule has 0 spiro atoms. The van der Waals surface area contributed by atoms with Gasteiger partial charge in [0, 0.05) is 54.1 Å². The average Bonchev–Trinajstić information content (AvgIpc) is 2.69. The lowest BCUT2D eigenvalue weighted by atomic mass is 10.1. The quantitative estimate of drug-likeness (QED) is 0.597. The smallest absolute Gasteiger partial charge is 0.274 e. The highest BCUT2D eigenvalue weighted by molar-refractivity contribution is 6.30. The summed E-state index contributed by atoms with van der Waals surface area (Å²) in [5.74, 6) is -0.332. The highest BCUT2D eigenvalue weighted by Gasteiger charge is 2.23. The molecule has 0 saturated carbocycles. The molecule has 1 N–H and O–H groups in total. The van der Waals surface area contributed by atoms with Crippen LogP contribution in [-0.2, 0) is 4.79 Å². The first kappa shape index (κ1) is 20.8. The number of nitrogens with one attached hydrogen (secondary N) is 1. The molecule has 2 aromatic carbocycles. The molecule has 3 rings (SSSR count). The second kappa shape index (κ2) is 9.02. The predicted molar refractivity (Wildman–Crippen MR) is 110 cm³/mol. The van der Waals surface area contributed by atoms with Crippen LogP contribution in [-0.4, -0.2) is 59.3 Å². The van der Waals surface area contributed by atoms with Crippen molar-refractivity contribution in [1.82, 2.24) is 9.80 Å². The van der Waals surface area contributed by atoms with E-state index in [1.54, 1.807) is 48.2 Å². The molecule has 8 nitrogen and oxygen atoms in total. The number of aryl methyl sites for hydroxylation is 1. The van der Waals surface area contributed by atoms with Gasteiger partial charge in [0.25, 0.3) is 11.6 Å². The SMILES string of the molecule is Cc1ccc(NC(=O)CN2CCN(C(=O)c3cccc(Cl)c3)CC2)cc1[N+](=O)[O-]. The first-order chi connectivity index (χ1) is 13.8. The summed E-state index contributed by atoms with van der Waals surface area (Å²) in [6.45, 7) is 3.94. The van der Waals surface area contributed by atoms with E-state index in [1.165, 1.54) is 6.07 Å². The van der Waals surface area contributed by atoms with Crippen molar-refractivity contribution in [2.75, 3.05) is 38.0 Å². The molecule has 0 unspecified atom stereocenters. The summed E-state index contributed by atoms with van der Waals surface area (Å²) in [5, 5.41) is 14.2. The minimum Gasteiger partial charge on any atom is -0.336 e. The first-order valence-electron chi connectivity index (χ1n) is 9.15. The number of rotatable bonds is 5. The van der Waals surface area contributed by atoms with Crippen LogP contribution in [0.4, 0.5) is 11.4 Å². The van der Waals surface area contributed by atoms with E-state index in [2.05, 4.69) is 5.32 Å². The molecule has 0 aliphatic carbocycles. The lowest BCUT2D eigenvalue weighted by Crippen LogP contribution is -2.50. The lowest BCUT2D eigenvalue weighted by Gasteiger charge is -2.34. The van der Waals surface area contributed by atoms with Crippen LogP contribution in [0.5, 0.6) is 0 Å². The Morgan fingerprint density at radius 1 is 1.14 bits per heavy atom. The lowest BCUT2D eigenvalue weighted by molar-refractivity contribution is -0.385. The Labute approximate surface area is 173 Å². The molecular weight excluding hydrogens is 396 g/mol. The maximum absolute atomic E-state index is 12.6. The summed E-state index contributed by atoms with van der Waals surface area (Å²) in [5.41, 5.74) is 1.44. The molecule has 0 aromatic heterocycles. The number of halogens is 1. The molecule has 1 heterocycles. The van der Waals surface area contributed by atoms with Crippen LogP contribution in [0.1, 0.15) is 15.9 Å². The molecule has 1 saturated heterocycles. The van der Waals surface area contributed by atoms with Crippen LogP contribution in [0.2, 0.25) is 5.02 Å². The van der Waals surface area contributed by atoms with E-state index in [9.17, 15) is 19.7 Å². The maximum atomic E-state index is 12.6. The van der Waals surface area contributed by atoms with Crippen molar-refractivity contribution in [3.8, 4) is 0 Å². The van der Waals surface area contributed by atoms with E-state index < -0.39 is 4.92 Å². The van der Waals surface area contributed by atoms with Gasteiger partial charge < -0.3 is 10.2 Å². The third-order valence-corrected chi connectivity index (χ3v) is 5.02. The number of hydrogen-bond donors (Lipinski definition) is 1. The predicted octanol–water partition coefficient (Wildman–Crippen LogP) is 2.95. The Bertz CT molecular complexity index is 942. The van der Waals surface area contributed by atoms with E-state index in [4.69, 9.17) is 11.6 Å². The van der Waals surface area contributed by atoms with Crippen molar-refractivity contribution in [3.63, 3.8) is 0 Å². The van der Waals surface area contributed by atoms with Gasteiger partial charge in [0.2, 0.25) is 5.91 Å². The second-order valence-electron chi connectivity index (χ2n) is 6.89. The fraction of sp³-hybridized carbons (Fsp3) is 0.300. The topological polar surface area (TPSA) is 95.8 Å². The van der Waals surface area contributed by atoms with Crippen LogP contribution in [0.25, 0.3) is 0 Å². The number of carbonyl (C=O) groups is 2. The highest BCUT2D eigenvalue weighted by Crippen LogP contribution is 2.22. The summed E-state index contributed by atoms with van der Waals surface area (Å²) in [7, 11) is 0. The number of nitro groups is 1. The van der Waals surface area contributed by atoms with Gasteiger partial charge in [-0.25, -0.2) is 0 Å². The Morgan fingerprint density at radius 2 is 1.86 bits per heavy atom. The van der Waals surface area contributed by atoms with Gasteiger partial charge in [0.05, 0.1) is 11.5 Å². The number of hydrogen-bond acceptors (Lipinski definition) is 5. The van der Waals surface area contributed by atoms with Gasteiger partial charge in [-0.3, -0.25) is 24.6 Å². The number of nitro benzene ring substituents is 1. The molecule has 0 radical (unpaired) electrons. The Morgan fingerprint density at radius 3 is 2.52 bits per heavy atom. The molecule has 2 amide bonds. The molecule has 1 aliphatic heterocycles. The van der Waals surface area contributed by atoms with Crippen molar-refractivity contribution in [2.24, 2.45) is 0 Å². The molecule has 1 fully saturated rings. The molecule has 1 aliphatic rings. The van der Waals surface area contributed by atoms with Gasteiger partial charge in [0.15, 0.2) is 0 Å². The monoisotopic (exact) mass is 416 g/mol. The molecular formula is C20H21ClN4O4. The van der Waals surface area contributed by atoms with Crippen molar-refractivity contribution in [2.45, 2.75) is 6.92 Å². The number of piperazine rings is 1. The number of benzene rings is 2. The second-order valence-corrected chi connectivity index (χ2v) is 7.32. The summed E-state index contributed by atoms with van der Waals surface area (Å²) in [6, 6.07) is 11.4. The van der Waals surface area contributed by atoms with Gasteiger partial charge in [-0.1, -0.05) is 23.7 Å². The van der Waals surface area contributed by atoms with Crippen molar-refractivity contribution < 1.29 is 14.5 Å². The van der Waals surface area contributed by atoms with E-state index in [0.717, 1.165) is 0 Å². The number of anilines is 1. The fourth-order valence-corrected chi connectivity index (χ4v) is 3.39. The molecule has 29 heavy (non-hydrogen) atoms. The van der Waals surface area contributed by atoms with Crippen LogP contribution >= 0.6 is 11.6 Å². The normalized spacial score (nSPS) is 14.5. The van der Waals surface area contributed by atoms with Gasteiger partial charge in [-0.05, 0) is 31.2 Å². The Balaban J connectivity index is 1.52. The third-order valence-electron chi connectivity index (χ3n) is 4.79. The summed E-state index contributed by atoms with van der Waals surface area (Å²) >= 11 is 5.95. The van der Waals surface area contributed by atoms with Crippen LogP contribution in [0, 0.1) is 17.0 Å². The molecule has 9 heteroatoms. The molecule has 0 bridgehead atoms.